The molecule has 3 heterocycles. The Morgan fingerprint density at radius 1 is 1.00 bits per heavy atom. The number of nitrogens with one attached hydrogen (secondary N) is 2. The van der Waals surface area contributed by atoms with Gasteiger partial charge in [-0.15, -0.1) is 5.10 Å². The van der Waals surface area contributed by atoms with Crippen LogP contribution < -0.4 is 14.8 Å². The summed E-state index contributed by atoms with van der Waals surface area (Å²) in [5.74, 6) is 0.805. The number of likely N-dealkylation sites (N-methyl/N-ethyl adjacent to an activating group) is 1. The molecule has 4 aromatic rings. The topological polar surface area (TPSA) is 137 Å². The normalized spacial score (nSPS) is 17.0. The average molecular weight is 714 g/mol. The lowest BCUT2D eigenvalue weighted by Gasteiger charge is -2.38. The first-order chi connectivity index (χ1) is 24.2. The van der Waals surface area contributed by atoms with Crippen LogP contribution in [0.3, 0.4) is 0 Å². The zero-order valence-corrected chi connectivity index (χ0v) is 31.2. The summed E-state index contributed by atoms with van der Waals surface area (Å²) >= 11 is 0. The summed E-state index contributed by atoms with van der Waals surface area (Å²) in [5, 5.41) is 11.9. The average Bonchev–Trinajstić information content (AvgIpc) is 3.71. The van der Waals surface area contributed by atoms with Crippen molar-refractivity contribution in [3.05, 3.63) is 94.8 Å². The van der Waals surface area contributed by atoms with Crippen LogP contribution in [-0.2, 0) is 22.0 Å². The number of aliphatic imine (C=N–C) groups is 1. The number of rotatable bonds is 9. The van der Waals surface area contributed by atoms with Crippen LogP contribution >= 0.6 is 0 Å². The van der Waals surface area contributed by atoms with Crippen LogP contribution in [0.5, 0.6) is 5.75 Å². The molecule has 13 nitrogen and oxygen atoms in total. The molecule has 14 heteroatoms. The van der Waals surface area contributed by atoms with Crippen LogP contribution in [0.2, 0.25) is 0 Å². The molecule has 2 N–H and O–H groups in total. The Labute approximate surface area is 300 Å². The van der Waals surface area contributed by atoms with Gasteiger partial charge < -0.3 is 19.9 Å². The third kappa shape index (κ3) is 8.18. The van der Waals surface area contributed by atoms with Gasteiger partial charge in [0.1, 0.15) is 5.69 Å². The first-order valence-corrected chi connectivity index (χ1v) is 18.9. The Balaban J connectivity index is 1.16. The maximum Gasteiger partial charge on any atom is 0.255 e. The van der Waals surface area contributed by atoms with Crippen LogP contribution in [0.15, 0.2) is 71.9 Å². The Kier molecular flexibility index (Phi) is 10.1. The number of carbonyl (C=O) groups is 1. The van der Waals surface area contributed by atoms with E-state index in [1.807, 2.05) is 46.0 Å². The lowest BCUT2D eigenvalue weighted by atomic mass is 9.86. The molecule has 1 unspecified atom stereocenters. The summed E-state index contributed by atoms with van der Waals surface area (Å²) in [7, 11) is -0.119. The number of aromatic nitrogens is 3. The number of nitrogens with zero attached hydrogens (tertiary/aromatic N) is 7. The summed E-state index contributed by atoms with van der Waals surface area (Å²) in [4.78, 5) is 25.6. The van der Waals surface area contributed by atoms with Gasteiger partial charge >= 0.3 is 0 Å². The van der Waals surface area contributed by atoms with Crippen molar-refractivity contribution in [1.29, 1.82) is 0 Å². The van der Waals surface area contributed by atoms with Crippen molar-refractivity contribution in [2.75, 3.05) is 63.2 Å². The maximum atomic E-state index is 13.7. The SMILES string of the molecule is COc1c(NC(=O)c2ccc(C)c(-n3cc(C4CN=C(N5CCN(Cc6ccccc6)CC5)N4C)nn3)c2)cc(C(C)(C)C)cc1NS(C)(=O)=O. The van der Waals surface area contributed by atoms with Crippen LogP contribution in [-0.4, -0.2) is 103 Å². The highest BCUT2D eigenvalue weighted by molar-refractivity contribution is 7.92. The van der Waals surface area contributed by atoms with E-state index in [0.29, 0.717) is 23.5 Å². The smallest absolute Gasteiger partial charge is 0.255 e. The summed E-state index contributed by atoms with van der Waals surface area (Å²) < 4.78 is 34.1. The van der Waals surface area contributed by atoms with Gasteiger partial charge in [0, 0.05) is 45.3 Å². The molecule has 0 bridgehead atoms. The van der Waals surface area contributed by atoms with Crippen LogP contribution in [0, 0.1) is 6.92 Å². The number of benzene rings is 3. The van der Waals surface area contributed by atoms with Gasteiger partial charge in [-0.25, -0.2) is 13.1 Å². The second-order valence-corrected chi connectivity index (χ2v) is 16.0. The second-order valence-electron chi connectivity index (χ2n) is 14.3. The maximum absolute atomic E-state index is 13.7. The predicted molar refractivity (Wildman–Crippen MR) is 200 cm³/mol. The minimum Gasteiger partial charge on any atom is -0.492 e. The molecule has 2 aliphatic heterocycles. The van der Waals surface area contributed by atoms with Crippen LogP contribution in [0.1, 0.15) is 59.6 Å². The van der Waals surface area contributed by atoms with Crippen LogP contribution in [0.4, 0.5) is 11.4 Å². The monoisotopic (exact) mass is 713 g/mol. The lowest BCUT2D eigenvalue weighted by Crippen LogP contribution is -2.51. The van der Waals surface area contributed by atoms with Gasteiger partial charge in [0.05, 0.1) is 49.2 Å². The molecular weight excluding hydrogens is 667 g/mol. The number of aryl methyl sites for hydroxylation is 1. The molecule has 270 valence electrons. The molecular formula is C37H47N9O4S. The van der Waals surface area contributed by atoms with E-state index in [-0.39, 0.29) is 28.8 Å². The Morgan fingerprint density at radius 3 is 2.37 bits per heavy atom. The number of hydrogen-bond donors (Lipinski definition) is 2. The van der Waals surface area contributed by atoms with E-state index in [4.69, 9.17) is 9.73 Å². The number of carbonyl (C=O) groups excluding carboxylic acids is 1. The predicted octanol–water partition coefficient (Wildman–Crippen LogP) is 4.67. The number of ether oxygens (including phenoxy) is 1. The molecule has 51 heavy (non-hydrogen) atoms. The fourth-order valence-corrected chi connectivity index (χ4v) is 7.04. The molecule has 1 fully saturated rings. The second kappa shape index (κ2) is 14.3. The van der Waals surface area contributed by atoms with E-state index in [0.717, 1.165) is 61.8 Å². The zero-order valence-electron chi connectivity index (χ0n) is 30.3. The Bertz CT molecular complexity index is 2030. The zero-order chi connectivity index (χ0) is 36.5. The number of amides is 1. The molecule has 0 radical (unpaired) electrons. The van der Waals surface area contributed by atoms with Crippen molar-refractivity contribution in [3.63, 3.8) is 0 Å². The van der Waals surface area contributed by atoms with Crippen molar-refractivity contribution in [2.45, 2.75) is 45.7 Å². The molecule has 3 aromatic carbocycles. The highest BCUT2D eigenvalue weighted by Crippen LogP contribution is 2.39. The summed E-state index contributed by atoms with van der Waals surface area (Å²) in [6.07, 6.45) is 2.98. The van der Waals surface area contributed by atoms with E-state index in [9.17, 15) is 13.2 Å². The standard InChI is InChI=1S/C37H47N9O4S/c1-25-13-14-27(35(47)39-29-20-28(37(2,3)4)21-30(34(29)50-6)41-51(7,48)49)19-32(25)46-24-31(40-42-46)33-22-38-36(43(33)5)45-17-15-44(16-18-45)23-26-11-9-8-10-12-26/h8-14,19-21,24,33,41H,15-18,22-23H2,1-7H3,(H,39,47). The number of hydrogen-bond acceptors (Lipinski definition) is 10. The number of piperazine rings is 1. The van der Waals surface area contributed by atoms with Crippen molar-refractivity contribution in [2.24, 2.45) is 4.99 Å². The van der Waals surface area contributed by atoms with E-state index < -0.39 is 10.0 Å². The van der Waals surface area contributed by atoms with Crippen molar-refractivity contribution >= 4 is 33.3 Å². The van der Waals surface area contributed by atoms with Gasteiger partial charge in [-0.05, 0) is 53.3 Å². The fourth-order valence-electron chi connectivity index (χ4n) is 6.49. The van der Waals surface area contributed by atoms with Gasteiger partial charge in [0.25, 0.3) is 5.91 Å². The third-order valence-electron chi connectivity index (χ3n) is 9.37. The minimum absolute atomic E-state index is 0.0554. The molecule has 2 aliphatic rings. The molecule has 1 amide bonds. The summed E-state index contributed by atoms with van der Waals surface area (Å²) in [5.41, 5.74) is 5.23. The van der Waals surface area contributed by atoms with Gasteiger partial charge in [-0.2, -0.15) is 0 Å². The van der Waals surface area contributed by atoms with E-state index >= 15 is 0 Å². The largest absolute Gasteiger partial charge is 0.492 e. The van der Waals surface area contributed by atoms with Gasteiger partial charge in [0.15, 0.2) is 11.7 Å². The molecule has 0 saturated carbocycles. The van der Waals surface area contributed by atoms with Crippen molar-refractivity contribution < 1.29 is 17.9 Å². The fraction of sp³-hybridized carbons (Fsp3) is 0.405. The number of sulfonamides is 1. The molecule has 6 rings (SSSR count). The number of anilines is 2. The first kappa shape index (κ1) is 35.9. The first-order valence-electron chi connectivity index (χ1n) is 17.0. The molecule has 1 atom stereocenters. The summed E-state index contributed by atoms with van der Waals surface area (Å²) in [6.45, 7) is 13.3. The third-order valence-corrected chi connectivity index (χ3v) is 9.96. The number of guanidine groups is 1. The van der Waals surface area contributed by atoms with E-state index in [2.05, 4.69) is 72.4 Å². The highest BCUT2D eigenvalue weighted by Gasteiger charge is 2.33. The van der Waals surface area contributed by atoms with Crippen molar-refractivity contribution in [3.8, 4) is 11.4 Å². The molecule has 0 aliphatic carbocycles. The van der Waals surface area contributed by atoms with E-state index in [1.165, 1.54) is 12.7 Å². The highest BCUT2D eigenvalue weighted by atomic mass is 32.2. The molecule has 0 spiro atoms. The molecule has 1 aromatic heterocycles. The van der Waals surface area contributed by atoms with Crippen molar-refractivity contribution in [1.82, 2.24) is 29.7 Å². The number of methoxy groups -OCH3 is 1. The van der Waals surface area contributed by atoms with Crippen LogP contribution in [0.25, 0.3) is 5.69 Å². The Hall–Kier alpha value is -4.95. The Morgan fingerprint density at radius 2 is 1.71 bits per heavy atom. The quantitative estimate of drug-likeness (QED) is 0.254. The lowest BCUT2D eigenvalue weighted by molar-refractivity contribution is 0.102. The molecule has 1 saturated heterocycles. The van der Waals surface area contributed by atoms with E-state index in [1.54, 1.807) is 22.9 Å². The van der Waals surface area contributed by atoms with Gasteiger partial charge in [-0.3, -0.25) is 19.4 Å². The minimum atomic E-state index is -3.61. The summed E-state index contributed by atoms with van der Waals surface area (Å²) in [6, 6.07) is 19.4. The van der Waals surface area contributed by atoms with Gasteiger partial charge in [0.2, 0.25) is 10.0 Å². The van der Waals surface area contributed by atoms with Gasteiger partial charge in [-0.1, -0.05) is 62.4 Å².